The van der Waals surface area contributed by atoms with Gasteiger partial charge in [0, 0.05) is 12.0 Å². The number of carboxylic acids is 2. The molecule has 4 nitrogen and oxygen atoms in total. The zero-order valence-electron chi connectivity index (χ0n) is 10.8. The van der Waals surface area contributed by atoms with Crippen LogP contribution in [0.2, 0.25) is 0 Å². The van der Waals surface area contributed by atoms with E-state index in [-0.39, 0.29) is 12.0 Å². The fourth-order valence-electron chi connectivity index (χ4n) is 2.31. The molecule has 0 fully saturated rings. The molecule has 0 aliphatic heterocycles. The van der Waals surface area contributed by atoms with Gasteiger partial charge in [-0.3, -0.25) is 4.79 Å². The maximum absolute atomic E-state index is 13.0. The van der Waals surface area contributed by atoms with E-state index in [9.17, 15) is 19.1 Å². The molecule has 20 heavy (non-hydrogen) atoms. The van der Waals surface area contributed by atoms with Crippen LogP contribution < -0.4 is 0 Å². The van der Waals surface area contributed by atoms with Gasteiger partial charge in [-0.15, -0.1) is 0 Å². The van der Waals surface area contributed by atoms with Crippen LogP contribution in [0.4, 0.5) is 4.39 Å². The number of allylic oxidation sites excluding steroid dienone is 2. The third-order valence-electron chi connectivity index (χ3n) is 3.55. The van der Waals surface area contributed by atoms with Crippen molar-refractivity contribution in [2.75, 3.05) is 0 Å². The zero-order chi connectivity index (χ0) is 14.9. The molecule has 0 amide bonds. The molecule has 0 heterocycles. The van der Waals surface area contributed by atoms with Gasteiger partial charge in [0.1, 0.15) is 11.2 Å². The Morgan fingerprint density at radius 3 is 2.30 bits per heavy atom. The molecule has 0 aromatic heterocycles. The average Bonchev–Trinajstić information content (AvgIpc) is 2.40. The first-order chi connectivity index (χ1) is 9.36. The lowest BCUT2D eigenvalue weighted by Gasteiger charge is -2.30. The second-order valence-corrected chi connectivity index (χ2v) is 4.76. The largest absolute Gasteiger partial charge is 0.480 e. The van der Waals surface area contributed by atoms with E-state index in [2.05, 4.69) is 0 Å². The van der Waals surface area contributed by atoms with Gasteiger partial charge in [-0.1, -0.05) is 24.3 Å². The molecule has 1 aliphatic carbocycles. The number of carbonyl (C=O) groups is 2. The van der Waals surface area contributed by atoms with E-state index in [0.29, 0.717) is 11.1 Å². The SMILES string of the molecule is CC1=C(C(=O)O)CC(C(=O)O)(c2ccc(F)cc2)C=C1. The smallest absolute Gasteiger partial charge is 0.331 e. The summed E-state index contributed by atoms with van der Waals surface area (Å²) in [6, 6.07) is 5.07. The van der Waals surface area contributed by atoms with Crippen LogP contribution in [0.15, 0.2) is 47.6 Å². The maximum atomic E-state index is 13.0. The summed E-state index contributed by atoms with van der Waals surface area (Å²) in [5.41, 5.74) is -0.536. The summed E-state index contributed by atoms with van der Waals surface area (Å²) in [5.74, 6) is -2.77. The Morgan fingerprint density at radius 1 is 1.20 bits per heavy atom. The van der Waals surface area contributed by atoms with Crippen molar-refractivity contribution in [1.29, 1.82) is 0 Å². The lowest BCUT2D eigenvalue weighted by molar-refractivity contribution is -0.142. The summed E-state index contributed by atoms with van der Waals surface area (Å²) < 4.78 is 13.0. The van der Waals surface area contributed by atoms with Crippen molar-refractivity contribution in [1.82, 2.24) is 0 Å². The van der Waals surface area contributed by atoms with Crippen molar-refractivity contribution < 1.29 is 24.2 Å². The van der Waals surface area contributed by atoms with Gasteiger partial charge in [0.05, 0.1) is 0 Å². The van der Waals surface area contributed by atoms with Gasteiger partial charge in [0.2, 0.25) is 0 Å². The van der Waals surface area contributed by atoms with Gasteiger partial charge in [0.15, 0.2) is 0 Å². The molecule has 0 saturated heterocycles. The van der Waals surface area contributed by atoms with E-state index in [4.69, 9.17) is 5.11 Å². The highest BCUT2D eigenvalue weighted by atomic mass is 19.1. The summed E-state index contributed by atoms with van der Waals surface area (Å²) in [7, 11) is 0. The van der Waals surface area contributed by atoms with Crippen LogP contribution in [0.25, 0.3) is 0 Å². The molecule has 1 atom stereocenters. The Labute approximate surface area is 114 Å². The monoisotopic (exact) mass is 276 g/mol. The van der Waals surface area contributed by atoms with Crippen molar-refractivity contribution >= 4 is 11.9 Å². The Morgan fingerprint density at radius 2 is 1.80 bits per heavy atom. The first kappa shape index (κ1) is 14.0. The van der Waals surface area contributed by atoms with Crippen LogP contribution >= 0.6 is 0 Å². The normalized spacial score (nSPS) is 21.9. The summed E-state index contributed by atoms with van der Waals surface area (Å²) in [5, 5.41) is 18.7. The molecule has 1 aliphatic rings. The van der Waals surface area contributed by atoms with Crippen LogP contribution in [0, 0.1) is 5.82 Å². The molecular formula is C15H13FO4. The predicted octanol–water partition coefficient (Wildman–Crippen LogP) is 2.51. The van der Waals surface area contributed by atoms with Gasteiger partial charge in [-0.05, 0) is 30.2 Å². The molecule has 2 rings (SSSR count). The van der Waals surface area contributed by atoms with E-state index in [1.54, 1.807) is 6.92 Å². The average molecular weight is 276 g/mol. The van der Waals surface area contributed by atoms with E-state index in [1.807, 2.05) is 0 Å². The molecular weight excluding hydrogens is 263 g/mol. The van der Waals surface area contributed by atoms with Crippen molar-refractivity contribution in [3.63, 3.8) is 0 Å². The number of halogens is 1. The van der Waals surface area contributed by atoms with Crippen molar-refractivity contribution in [3.8, 4) is 0 Å². The van der Waals surface area contributed by atoms with E-state index in [1.165, 1.54) is 36.4 Å². The molecule has 104 valence electrons. The van der Waals surface area contributed by atoms with Crippen LogP contribution in [0.1, 0.15) is 18.9 Å². The number of carboxylic acid groups (broad SMARTS) is 2. The lowest BCUT2D eigenvalue weighted by atomic mass is 9.71. The highest BCUT2D eigenvalue weighted by Crippen LogP contribution is 2.38. The third-order valence-corrected chi connectivity index (χ3v) is 3.55. The molecule has 2 N–H and O–H groups in total. The number of hydrogen-bond donors (Lipinski definition) is 2. The predicted molar refractivity (Wildman–Crippen MR) is 69.8 cm³/mol. The molecule has 1 aromatic carbocycles. The summed E-state index contributed by atoms with van der Waals surface area (Å²) in [6.45, 7) is 1.62. The summed E-state index contributed by atoms with van der Waals surface area (Å²) in [6.07, 6.45) is 2.79. The van der Waals surface area contributed by atoms with Crippen molar-refractivity contribution in [2.45, 2.75) is 18.8 Å². The number of benzene rings is 1. The number of aliphatic carboxylic acids is 2. The molecule has 0 spiro atoms. The van der Waals surface area contributed by atoms with E-state index in [0.717, 1.165) is 0 Å². The van der Waals surface area contributed by atoms with Gasteiger partial charge < -0.3 is 10.2 Å². The molecule has 0 saturated carbocycles. The van der Waals surface area contributed by atoms with Crippen molar-refractivity contribution in [2.24, 2.45) is 0 Å². The van der Waals surface area contributed by atoms with Crippen LogP contribution in [-0.4, -0.2) is 22.2 Å². The van der Waals surface area contributed by atoms with E-state index >= 15 is 0 Å². The summed E-state index contributed by atoms with van der Waals surface area (Å²) in [4.78, 5) is 22.9. The van der Waals surface area contributed by atoms with Gasteiger partial charge in [-0.25, -0.2) is 9.18 Å². The second kappa shape index (κ2) is 4.92. The highest BCUT2D eigenvalue weighted by Gasteiger charge is 2.42. The highest BCUT2D eigenvalue weighted by molar-refractivity contribution is 5.93. The molecule has 5 heteroatoms. The summed E-state index contributed by atoms with van der Waals surface area (Å²) >= 11 is 0. The second-order valence-electron chi connectivity index (χ2n) is 4.76. The van der Waals surface area contributed by atoms with Crippen LogP contribution in [-0.2, 0) is 15.0 Å². The first-order valence-corrected chi connectivity index (χ1v) is 5.98. The molecule has 1 unspecified atom stereocenters. The molecule has 0 bridgehead atoms. The molecule has 1 aromatic rings. The van der Waals surface area contributed by atoms with Crippen LogP contribution in [0.3, 0.4) is 0 Å². The fourth-order valence-corrected chi connectivity index (χ4v) is 2.31. The number of hydrogen-bond acceptors (Lipinski definition) is 2. The van der Waals surface area contributed by atoms with Crippen molar-refractivity contribution in [3.05, 3.63) is 58.9 Å². The molecule has 0 radical (unpaired) electrons. The topological polar surface area (TPSA) is 74.6 Å². The van der Waals surface area contributed by atoms with Crippen LogP contribution in [0.5, 0.6) is 0 Å². The van der Waals surface area contributed by atoms with Gasteiger partial charge in [-0.2, -0.15) is 0 Å². The Balaban J connectivity index is 2.55. The Hall–Kier alpha value is -2.43. The minimum atomic E-state index is -1.47. The first-order valence-electron chi connectivity index (χ1n) is 5.98. The minimum Gasteiger partial charge on any atom is -0.480 e. The number of rotatable bonds is 3. The quantitative estimate of drug-likeness (QED) is 0.889. The van der Waals surface area contributed by atoms with E-state index < -0.39 is 23.2 Å². The standard InChI is InChI=1S/C15H13FO4/c1-9-6-7-15(14(19)20,8-12(9)13(17)18)10-2-4-11(16)5-3-10/h2-7H,8H2,1H3,(H,17,18)(H,19,20). The van der Waals surface area contributed by atoms with Gasteiger partial charge >= 0.3 is 11.9 Å². The minimum absolute atomic E-state index is 0.0548. The Kier molecular flexibility index (Phi) is 3.44. The zero-order valence-corrected chi connectivity index (χ0v) is 10.8. The Bertz CT molecular complexity index is 628. The third kappa shape index (κ3) is 2.22. The van der Waals surface area contributed by atoms with Gasteiger partial charge in [0.25, 0.3) is 0 Å². The lowest BCUT2D eigenvalue weighted by Crippen LogP contribution is -2.37. The maximum Gasteiger partial charge on any atom is 0.331 e. The fraction of sp³-hybridized carbons (Fsp3) is 0.200.